The monoisotopic (exact) mass is 491 g/mol. The first-order chi connectivity index (χ1) is 16.6. The molecule has 1 saturated heterocycles. The summed E-state index contributed by atoms with van der Waals surface area (Å²) in [4.78, 5) is 67.5. The SMILES string of the molecule is CC[C@H](NC(=O)[C@@H](NC(=O)N1CCCCC1)C(C)C)C(=O)C(=O)NCCCn1c(N)ccnc1=O. The fourth-order valence-corrected chi connectivity index (χ4v) is 3.83. The molecule has 1 aromatic heterocycles. The Morgan fingerprint density at radius 3 is 2.40 bits per heavy atom. The number of nitrogens with two attached hydrogens (primary N) is 1. The molecule has 2 heterocycles. The van der Waals surface area contributed by atoms with Crippen molar-refractivity contribution in [3.05, 3.63) is 22.7 Å². The highest BCUT2D eigenvalue weighted by Gasteiger charge is 2.31. The molecule has 0 bridgehead atoms. The van der Waals surface area contributed by atoms with Gasteiger partial charge in [0.1, 0.15) is 11.9 Å². The Labute approximate surface area is 205 Å². The Balaban J connectivity index is 1.87. The van der Waals surface area contributed by atoms with E-state index in [4.69, 9.17) is 5.73 Å². The van der Waals surface area contributed by atoms with Crippen LogP contribution in [0.15, 0.2) is 17.1 Å². The lowest BCUT2D eigenvalue weighted by Crippen LogP contribution is -2.57. The molecule has 0 saturated carbocycles. The number of piperidine rings is 1. The molecule has 35 heavy (non-hydrogen) atoms. The molecular weight excluding hydrogens is 454 g/mol. The number of hydrogen-bond donors (Lipinski definition) is 4. The maximum atomic E-state index is 12.9. The second-order valence-electron chi connectivity index (χ2n) is 8.97. The van der Waals surface area contributed by atoms with Crippen molar-refractivity contribution < 1.29 is 19.2 Å². The van der Waals surface area contributed by atoms with Gasteiger partial charge in [0.15, 0.2) is 0 Å². The van der Waals surface area contributed by atoms with E-state index in [2.05, 4.69) is 20.9 Å². The maximum Gasteiger partial charge on any atom is 0.349 e. The zero-order valence-electron chi connectivity index (χ0n) is 20.7. The zero-order chi connectivity index (χ0) is 26.0. The first kappa shape index (κ1) is 27.8. The Hall–Kier alpha value is -3.44. The zero-order valence-corrected chi connectivity index (χ0v) is 20.7. The van der Waals surface area contributed by atoms with Gasteiger partial charge >= 0.3 is 11.7 Å². The number of carbonyl (C=O) groups is 4. The summed E-state index contributed by atoms with van der Waals surface area (Å²) in [5, 5.41) is 7.90. The molecule has 2 rings (SSSR count). The summed E-state index contributed by atoms with van der Waals surface area (Å²) >= 11 is 0. The lowest BCUT2D eigenvalue weighted by atomic mass is 10.0. The minimum absolute atomic E-state index is 0.135. The minimum Gasteiger partial charge on any atom is -0.385 e. The molecule has 194 valence electrons. The summed E-state index contributed by atoms with van der Waals surface area (Å²) in [6.07, 6.45) is 4.83. The number of nitrogens with zero attached hydrogens (tertiary/aromatic N) is 3. The third-order valence-corrected chi connectivity index (χ3v) is 5.95. The van der Waals surface area contributed by atoms with Crippen LogP contribution >= 0.6 is 0 Å². The van der Waals surface area contributed by atoms with Crippen LogP contribution in [0.5, 0.6) is 0 Å². The molecular formula is C23H37N7O5. The van der Waals surface area contributed by atoms with E-state index in [1.807, 2.05) is 0 Å². The number of likely N-dealkylation sites (tertiary alicyclic amines) is 1. The summed E-state index contributed by atoms with van der Waals surface area (Å²) in [5.41, 5.74) is 5.25. The Morgan fingerprint density at radius 1 is 1.11 bits per heavy atom. The molecule has 1 aliphatic heterocycles. The molecule has 2 atom stereocenters. The van der Waals surface area contributed by atoms with Crippen LogP contribution in [0.2, 0.25) is 0 Å². The van der Waals surface area contributed by atoms with Crippen molar-refractivity contribution in [2.75, 3.05) is 25.4 Å². The quantitative estimate of drug-likeness (QED) is 0.250. The number of aromatic nitrogens is 2. The number of nitrogen functional groups attached to an aromatic ring is 1. The molecule has 0 aliphatic carbocycles. The van der Waals surface area contributed by atoms with Gasteiger partial charge in [-0.3, -0.25) is 19.0 Å². The molecule has 1 aromatic rings. The van der Waals surface area contributed by atoms with Crippen molar-refractivity contribution in [1.29, 1.82) is 0 Å². The molecule has 1 aliphatic rings. The standard InChI is InChI=1S/C23H37N7O5/c1-4-16(19(31)21(33)25-10-8-14-30-17(24)9-11-26-22(30)34)27-20(32)18(15(2)3)28-23(35)29-12-6-5-7-13-29/h9,11,15-16,18H,4-8,10,12-14,24H2,1-3H3,(H,25,33)(H,27,32)(H,28,35)/t16-,18-/m0/s1. The molecule has 0 aromatic carbocycles. The largest absolute Gasteiger partial charge is 0.385 e. The fraction of sp³-hybridized carbons (Fsp3) is 0.652. The Kier molecular flexibility index (Phi) is 10.7. The number of hydrogen-bond acceptors (Lipinski definition) is 7. The number of urea groups is 1. The number of amides is 4. The molecule has 0 radical (unpaired) electrons. The van der Waals surface area contributed by atoms with E-state index < -0.39 is 35.4 Å². The number of ketones is 1. The Morgan fingerprint density at radius 2 is 1.80 bits per heavy atom. The van der Waals surface area contributed by atoms with E-state index in [9.17, 15) is 24.0 Å². The van der Waals surface area contributed by atoms with E-state index in [1.165, 1.54) is 16.8 Å². The van der Waals surface area contributed by atoms with Gasteiger partial charge in [0, 0.05) is 32.4 Å². The van der Waals surface area contributed by atoms with Crippen molar-refractivity contribution in [3.8, 4) is 0 Å². The smallest absolute Gasteiger partial charge is 0.349 e. The van der Waals surface area contributed by atoms with Gasteiger partial charge in [-0.1, -0.05) is 20.8 Å². The van der Waals surface area contributed by atoms with Crippen LogP contribution in [0.25, 0.3) is 0 Å². The van der Waals surface area contributed by atoms with Crippen molar-refractivity contribution in [3.63, 3.8) is 0 Å². The van der Waals surface area contributed by atoms with E-state index >= 15 is 0 Å². The second kappa shape index (κ2) is 13.4. The van der Waals surface area contributed by atoms with E-state index in [1.54, 1.807) is 25.7 Å². The first-order valence-electron chi connectivity index (χ1n) is 12.1. The van der Waals surface area contributed by atoms with Crippen LogP contribution in [0.3, 0.4) is 0 Å². The van der Waals surface area contributed by atoms with Crippen molar-refractivity contribution in [2.45, 2.75) is 71.5 Å². The second-order valence-corrected chi connectivity index (χ2v) is 8.97. The molecule has 1 fully saturated rings. The fourth-order valence-electron chi connectivity index (χ4n) is 3.83. The van der Waals surface area contributed by atoms with Gasteiger partial charge in [0.2, 0.25) is 11.7 Å². The number of Topliss-reactive ketones (excluding diaryl/α,β-unsaturated/α-hetero) is 1. The van der Waals surface area contributed by atoms with Gasteiger partial charge in [0.25, 0.3) is 5.91 Å². The van der Waals surface area contributed by atoms with Gasteiger partial charge in [-0.25, -0.2) is 14.6 Å². The molecule has 0 spiro atoms. The van der Waals surface area contributed by atoms with E-state index in [0.29, 0.717) is 19.5 Å². The van der Waals surface area contributed by atoms with Crippen LogP contribution in [0, 0.1) is 5.92 Å². The van der Waals surface area contributed by atoms with Gasteiger partial charge in [-0.15, -0.1) is 0 Å². The number of anilines is 1. The minimum atomic E-state index is -1.02. The highest BCUT2D eigenvalue weighted by molar-refractivity contribution is 6.38. The van der Waals surface area contributed by atoms with Crippen molar-refractivity contribution in [2.24, 2.45) is 5.92 Å². The molecule has 12 heteroatoms. The van der Waals surface area contributed by atoms with Crippen LogP contribution in [-0.2, 0) is 20.9 Å². The number of nitrogens with one attached hydrogen (secondary N) is 3. The number of rotatable bonds is 11. The van der Waals surface area contributed by atoms with Crippen molar-refractivity contribution in [1.82, 2.24) is 30.4 Å². The highest BCUT2D eigenvalue weighted by Crippen LogP contribution is 2.10. The van der Waals surface area contributed by atoms with Gasteiger partial charge in [-0.2, -0.15) is 0 Å². The predicted molar refractivity (Wildman–Crippen MR) is 130 cm³/mol. The average molecular weight is 492 g/mol. The van der Waals surface area contributed by atoms with Crippen LogP contribution in [-0.4, -0.2) is 69.8 Å². The third kappa shape index (κ3) is 8.08. The molecule has 4 amide bonds. The summed E-state index contributed by atoms with van der Waals surface area (Å²) in [6.45, 7) is 6.95. The van der Waals surface area contributed by atoms with Crippen LogP contribution in [0.1, 0.15) is 52.9 Å². The summed E-state index contributed by atoms with van der Waals surface area (Å²) in [5.74, 6) is -2.07. The maximum absolute atomic E-state index is 12.9. The predicted octanol–water partition coefficient (Wildman–Crippen LogP) is 0.0158. The summed E-state index contributed by atoms with van der Waals surface area (Å²) in [6, 6.07) is -0.661. The van der Waals surface area contributed by atoms with Gasteiger partial charge < -0.3 is 26.6 Å². The van der Waals surface area contributed by atoms with Crippen LogP contribution in [0.4, 0.5) is 10.6 Å². The third-order valence-electron chi connectivity index (χ3n) is 5.95. The lowest BCUT2D eigenvalue weighted by molar-refractivity contribution is -0.140. The van der Waals surface area contributed by atoms with Crippen molar-refractivity contribution >= 4 is 29.4 Å². The van der Waals surface area contributed by atoms with Gasteiger partial charge in [-0.05, 0) is 44.1 Å². The normalized spacial score (nSPS) is 15.3. The summed E-state index contributed by atoms with van der Waals surface area (Å²) < 4.78 is 1.27. The topological polar surface area (TPSA) is 169 Å². The van der Waals surface area contributed by atoms with Gasteiger partial charge in [0.05, 0.1) is 6.04 Å². The van der Waals surface area contributed by atoms with E-state index in [-0.39, 0.29) is 37.3 Å². The molecule has 12 nitrogen and oxygen atoms in total. The lowest BCUT2D eigenvalue weighted by Gasteiger charge is -2.30. The molecule has 5 N–H and O–H groups in total. The average Bonchev–Trinajstić information content (AvgIpc) is 2.84. The first-order valence-corrected chi connectivity index (χ1v) is 12.1. The summed E-state index contributed by atoms with van der Waals surface area (Å²) in [7, 11) is 0. The number of carbonyl (C=O) groups excluding carboxylic acids is 4. The highest BCUT2D eigenvalue weighted by atomic mass is 16.2. The van der Waals surface area contributed by atoms with Crippen LogP contribution < -0.4 is 27.4 Å². The van der Waals surface area contributed by atoms with E-state index in [0.717, 1.165) is 19.3 Å². The Bertz CT molecular complexity index is 956. The molecule has 0 unspecified atom stereocenters.